The highest BCUT2D eigenvalue weighted by Gasteiger charge is 2.26. The van der Waals surface area contributed by atoms with Gasteiger partial charge in [0, 0.05) is 53.7 Å². The number of nitrogens with one attached hydrogen (secondary N) is 1. The van der Waals surface area contributed by atoms with Crippen molar-refractivity contribution >= 4 is 28.4 Å². The second-order valence-electron chi connectivity index (χ2n) is 6.67. The van der Waals surface area contributed by atoms with Gasteiger partial charge in [0.25, 0.3) is 5.56 Å². The van der Waals surface area contributed by atoms with Crippen LogP contribution in [0.3, 0.4) is 0 Å². The number of hydrogen-bond acceptors (Lipinski definition) is 4. The smallest absolute Gasteiger partial charge is 0.258 e. The second kappa shape index (κ2) is 6.72. The minimum absolute atomic E-state index is 0.0201. The summed E-state index contributed by atoms with van der Waals surface area (Å²) in [4.78, 5) is 12.5. The first-order valence-corrected chi connectivity index (χ1v) is 10.1. The number of benzene rings is 2. The maximum absolute atomic E-state index is 12.5. The summed E-state index contributed by atoms with van der Waals surface area (Å²) >= 11 is 1.57. The monoisotopic (exact) mass is 366 g/mol. The molecule has 2 aromatic carbocycles. The number of ether oxygens (including phenoxy) is 1. The molecular weight excluding hydrogens is 344 g/mol. The molecule has 1 aromatic heterocycles. The van der Waals surface area contributed by atoms with Crippen molar-refractivity contribution in [1.29, 1.82) is 0 Å². The van der Waals surface area contributed by atoms with Gasteiger partial charge in [-0.3, -0.25) is 4.79 Å². The average molecular weight is 366 g/mol. The minimum atomic E-state index is 0.0201. The van der Waals surface area contributed by atoms with E-state index in [1.54, 1.807) is 23.6 Å². The number of pyridine rings is 1. The molecule has 5 heteroatoms. The number of aromatic nitrogens is 1. The van der Waals surface area contributed by atoms with E-state index in [2.05, 4.69) is 23.8 Å². The second-order valence-corrected chi connectivity index (χ2v) is 7.29. The molecule has 0 saturated carbocycles. The quantitative estimate of drug-likeness (QED) is 0.685. The Kier molecular flexibility index (Phi) is 4.41. The van der Waals surface area contributed by atoms with Gasteiger partial charge in [0.1, 0.15) is 11.9 Å². The zero-order valence-corrected chi connectivity index (χ0v) is 16.0. The van der Waals surface area contributed by atoms with Gasteiger partial charge in [0.15, 0.2) is 0 Å². The van der Waals surface area contributed by atoms with E-state index < -0.39 is 0 Å². The first kappa shape index (κ1) is 17.0. The lowest BCUT2D eigenvalue weighted by Gasteiger charge is -2.15. The van der Waals surface area contributed by atoms with Gasteiger partial charge in [0.2, 0.25) is 0 Å². The van der Waals surface area contributed by atoms with Crippen molar-refractivity contribution in [2.75, 3.05) is 11.0 Å². The molecule has 2 heterocycles. The lowest BCUT2D eigenvalue weighted by Crippen LogP contribution is -2.16. The number of aryl methyl sites for hydroxylation is 1. The summed E-state index contributed by atoms with van der Waals surface area (Å²) in [5.74, 6) is 0.951. The third kappa shape index (κ3) is 2.76. The molecule has 0 amide bonds. The molecule has 4 rings (SSSR count). The average Bonchev–Trinajstić information content (AvgIpc) is 3.08. The molecule has 1 aliphatic rings. The van der Waals surface area contributed by atoms with Gasteiger partial charge in [-0.1, -0.05) is 37.1 Å². The predicted molar refractivity (Wildman–Crippen MR) is 110 cm³/mol. The fraction of sp³-hybridized carbons (Fsp3) is 0.286. The molecule has 0 aliphatic carbocycles. The molecule has 1 N–H and O–H groups in total. The Morgan fingerprint density at radius 1 is 1.23 bits per heavy atom. The molecule has 1 aliphatic heterocycles. The van der Waals surface area contributed by atoms with E-state index in [4.69, 9.17) is 4.74 Å². The van der Waals surface area contributed by atoms with E-state index in [-0.39, 0.29) is 11.7 Å². The highest BCUT2D eigenvalue weighted by molar-refractivity contribution is 7.99. The van der Waals surface area contributed by atoms with Crippen molar-refractivity contribution < 1.29 is 4.74 Å². The summed E-state index contributed by atoms with van der Waals surface area (Å²) in [6, 6.07) is 12.1. The minimum Gasteiger partial charge on any atom is -0.489 e. The number of rotatable bonds is 4. The lowest BCUT2D eigenvalue weighted by molar-refractivity contribution is 0.229. The van der Waals surface area contributed by atoms with E-state index in [0.29, 0.717) is 0 Å². The van der Waals surface area contributed by atoms with Crippen molar-refractivity contribution in [3.05, 3.63) is 58.5 Å². The molecule has 0 radical (unpaired) electrons. The zero-order valence-electron chi connectivity index (χ0n) is 15.2. The van der Waals surface area contributed by atoms with Crippen molar-refractivity contribution in [2.45, 2.75) is 25.9 Å². The van der Waals surface area contributed by atoms with E-state index in [0.717, 1.165) is 46.2 Å². The van der Waals surface area contributed by atoms with Crippen LogP contribution in [0.4, 0.5) is 5.69 Å². The van der Waals surface area contributed by atoms with Crippen LogP contribution >= 0.6 is 11.9 Å². The SMILES string of the molecule is CCC1Cc2cc(NSC)cc(-c3cn(C)c(=O)c4ccccc34)c2O1. The third-order valence-corrected chi connectivity index (χ3v) is 5.39. The van der Waals surface area contributed by atoms with Crippen LogP contribution < -0.4 is 15.0 Å². The maximum Gasteiger partial charge on any atom is 0.258 e. The van der Waals surface area contributed by atoms with E-state index in [1.807, 2.05) is 36.7 Å². The molecule has 3 aromatic rings. The normalized spacial score (nSPS) is 15.7. The number of hydrogen-bond donors (Lipinski definition) is 1. The molecule has 134 valence electrons. The van der Waals surface area contributed by atoms with E-state index >= 15 is 0 Å². The van der Waals surface area contributed by atoms with Gasteiger partial charge in [0.05, 0.1) is 0 Å². The Hall–Kier alpha value is -2.40. The maximum atomic E-state index is 12.5. The summed E-state index contributed by atoms with van der Waals surface area (Å²) in [5, 5.41) is 1.69. The highest BCUT2D eigenvalue weighted by Crippen LogP contribution is 2.43. The van der Waals surface area contributed by atoms with Crippen LogP contribution in [0.2, 0.25) is 0 Å². The predicted octanol–water partition coefficient (Wildman–Crippen LogP) is 4.61. The molecule has 0 saturated heterocycles. The number of nitrogens with zero attached hydrogens (tertiary/aromatic N) is 1. The van der Waals surface area contributed by atoms with Gasteiger partial charge in [-0.2, -0.15) is 0 Å². The van der Waals surface area contributed by atoms with E-state index in [9.17, 15) is 4.79 Å². The van der Waals surface area contributed by atoms with Crippen LogP contribution in [-0.4, -0.2) is 16.9 Å². The number of anilines is 1. The summed E-state index contributed by atoms with van der Waals surface area (Å²) in [7, 11) is 1.80. The molecule has 0 fully saturated rings. The Balaban J connectivity index is 2.01. The Morgan fingerprint density at radius 2 is 2.00 bits per heavy atom. The molecule has 1 atom stereocenters. The van der Waals surface area contributed by atoms with Crippen molar-refractivity contribution in [2.24, 2.45) is 7.05 Å². The summed E-state index contributed by atoms with van der Waals surface area (Å²) < 4.78 is 11.3. The van der Waals surface area contributed by atoms with Crippen LogP contribution in [0.25, 0.3) is 21.9 Å². The molecule has 1 unspecified atom stereocenters. The first-order chi connectivity index (χ1) is 12.6. The van der Waals surface area contributed by atoms with Crippen molar-refractivity contribution in [1.82, 2.24) is 4.57 Å². The van der Waals surface area contributed by atoms with Crippen LogP contribution in [0.15, 0.2) is 47.4 Å². The van der Waals surface area contributed by atoms with Crippen molar-refractivity contribution in [3.8, 4) is 16.9 Å². The summed E-state index contributed by atoms with van der Waals surface area (Å²) in [5.41, 5.74) is 4.38. The van der Waals surface area contributed by atoms with E-state index in [1.165, 1.54) is 5.56 Å². The number of fused-ring (bicyclic) bond motifs is 2. The van der Waals surface area contributed by atoms with Crippen LogP contribution in [0, 0.1) is 0 Å². The fourth-order valence-corrected chi connectivity index (χ4v) is 4.02. The summed E-state index contributed by atoms with van der Waals surface area (Å²) in [6.07, 6.45) is 6.05. The zero-order chi connectivity index (χ0) is 18.3. The molecular formula is C21H22N2O2S. The summed E-state index contributed by atoms with van der Waals surface area (Å²) in [6.45, 7) is 2.15. The highest BCUT2D eigenvalue weighted by atomic mass is 32.2. The Labute approximate surface area is 157 Å². The molecule has 4 nitrogen and oxygen atoms in total. The first-order valence-electron chi connectivity index (χ1n) is 8.83. The van der Waals surface area contributed by atoms with Crippen LogP contribution in [0.1, 0.15) is 18.9 Å². The van der Waals surface area contributed by atoms with Crippen LogP contribution in [0.5, 0.6) is 5.75 Å². The molecule has 26 heavy (non-hydrogen) atoms. The van der Waals surface area contributed by atoms with Crippen molar-refractivity contribution in [3.63, 3.8) is 0 Å². The molecule has 0 spiro atoms. The molecule has 0 bridgehead atoms. The lowest BCUT2D eigenvalue weighted by atomic mass is 9.96. The largest absolute Gasteiger partial charge is 0.489 e. The van der Waals surface area contributed by atoms with Gasteiger partial charge >= 0.3 is 0 Å². The topological polar surface area (TPSA) is 43.3 Å². The standard InChI is InChI=1S/C21H22N2O2S/c1-4-15-10-13-9-14(22-26-3)11-18(20(13)25-15)19-12-23(2)21(24)17-8-6-5-7-16(17)19/h5-9,11-12,15,22H,4,10H2,1-3H3. The third-order valence-electron chi connectivity index (χ3n) is 4.95. The van der Waals surface area contributed by atoms with Gasteiger partial charge in [-0.25, -0.2) is 0 Å². The van der Waals surface area contributed by atoms with Gasteiger partial charge < -0.3 is 14.0 Å². The Bertz CT molecular complexity index is 1040. The van der Waals surface area contributed by atoms with Gasteiger partial charge in [-0.05, 0) is 30.0 Å². The fourth-order valence-electron chi connectivity index (χ4n) is 3.67. The van der Waals surface area contributed by atoms with Crippen LogP contribution in [-0.2, 0) is 13.5 Å². The van der Waals surface area contributed by atoms with Gasteiger partial charge in [-0.15, -0.1) is 0 Å². The Morgan fingerprint density at radius 3 is 2.73 bits per heavy atom.